The number of anilines is 1. The third-order valence-corrected chi connectivity index (χ3v) is 5.37. The van der Waals surface area contributed by atoms with Gasteiger partial charge in [0.2, 0.25) is 0 Å². The SMILES string of the molecule is Cc1ccc(S(=O)(=O)N(CCC(=O)O)c2ccccc2C(=O)O)cc1. The first-order valence-electron chi connectivity index (χ1n) is 7.37. The molecule has 0 aliphatic heterocycles. The number of benzene rings is 2. The van der Waals surface area contributed by atoms with Crippen LogP contribution in [0.3, 0.4) is 0 Å². The van der Waals surface area contributed by atoms with Gasteiger partial charge in [-0.05, 0) is 31.2 Å². The van der Waals surface area contributed by atoms with Crippen LogP contribution in [0, 0.1) is 6.92 Å². The van der Waals surface area contributed by atoms with Crippen LogP contribution in [-0.4, -0.2) is 37.1 Å². The van der Waals surface area contributed by atoms with Crippen LogP contribution >= 0.6 is 0 Å². The molecule has 2 aromatic carbocycles. The topological polar surface area (TPSA) is 112 Å². The van der Waals surface area contributed by atoms with Crippen LogP contribution in [0.1, 0.15) is 22.3 Å². The third-order valence-electron chi connectivity index (χ3n) is 3.54. The van der Waals surface area contributed by atoms with Gasteiger partial charge in [-0.15, -0.1) is 0 Å². The summed E-state index contributed by atoms with van der Waals surface area (Å²) in [6, 6.07) is 11.6. The molecule has 0 heterocycles. The Morgan fingerprint density at radius 3 is 2.16 bits per heavy atom. The molecule has 0 aliphatic rings. The Labute approximate surface area is 145 Å². The summed E-state index contributed by atoms with van der Waals surface area (Å²) < 4.78 is 26.8. The fraction of sp³-hybridized carbons (Fsp3) is 0.176. The van der Waals surface area contributed by atoms with Crippen molar-refractivity contribution in [1.29, 1.82) is 0 Å². The molecule has 0 saturated heterocycles. The Morgan fingerprint density at radius 1 is 1.00 bits per heavy atom. The van der Waals surface area contributed by atoms with Crippen LogP contribution in [0.2, 0.25) is 0 Å². The van der Waals surface area contributed by atoms with Crippen molar-refractivity contribution in [2.45, 2.75) is 18.2 Å². The highest BCUT2D eigenvalue weighted by atomic mass is 32.2. The normalized spacial score (nSPS) is 11.1. The predicted octanol–water partition coefficient (Wildman–Crippen LogP) is 2.36. The lowest BCUT2D eigenvalue weighted by molar-refractivity contribution is -0.136. The Morgan fingerprint density at radius 2 is 1.60 bits per heavy atom. The summed E-state index contributed by atoms with van der Waals surface area (Å²) in [6.07, 6.45) is -0.459. The van der Waals surface area contributed by atoms with Crippen LogP contribution in [0.4, 0.5) is 5.69 Å². The van der Waals surface area contributed by atoms with Gasteiger partial charge < -0.3 is 10.2 Å². The van der Waals surface area contributed by atoms with Gasteiger partial charge in [0.05, 0.1) is 22.6 Å². The molecule has 2 N–H and O–H groups in total. The number of nitrogens with zero attached hydrogens (tertiary/aromatic N) is 1. The zero-order valence-electron chi connectivity index (χ0n) is 13.4. The van der Waals surface area contributed by atoms with E-state index in [4.69, 9.17) is 5.11 Å². The molecule has 0 spiro atoms. The summed E-state index contributed by atoms with van der Waals surface area (Å²) in [5.74, 6) is -2.48. The Bertz CT molecular complexity index is 890. The number of hydrogen-bond acceptors (Lipinski definition) is 4. The number of carboxylic acid groups (broad SMARTS) is 2. The molecular formula is C17H17NO6S. The zero-order chi connectivity index (χ0) is 18.6. The van der Waals surface area contributed by atoms with Crippen molar-refractivity contribution in [2.75, 3.05) is 10.8 Å². The molecule has 0 atom stereocenters. The quantitative estimate of drug-likeness (QED) is 0.781. The van der Waals surface area contributed by atoms with E-state index in [2.05, 4.69) is 0 Å². The van der Waals surface area contributed by atoms with E-state index < -0.39 is 28.4 Å². The molecule has 0 aliphatic carbocycles. The van der Waals surface area contributed by atoms with Gasteiger partial charge in [0.15, 0.2) is 0 Å². The van der Waals surface area contributed by atoms with E-state index >= 15 is 0 Å². The van der Waals surface area contributed by atoms with Crippen molar-refractivity contribution >= 4 is 27.6 Å². The molecule has 0 saturated carbocycles. The molecular weight excluding hydrogens is 346 g/mol. The summed E-state index contributed by atoms with van der Waals surface area (Å²) >= 11 is 0. The highest BCUT2D eigenvalue weighted by Gasteiger charge is 2.28. The Kier molecular flexibility index (Phi) is 5.43. The van der Waals surface area contributed by atoms with E-state index in [-0.39, 0.29) is 22.7 Å². The van der Waals surface area contributed by atoms with Crippen molar-refractivity contribution in [1.82, 2.24) is 0 Å². The van der Waals surface area contributed by atoms with Gasteiger partial charge in [-0.3, -0.25) is 9.10 Å². The van der Waals surface area contributed by atoms with Crippen molar-refractivity contribution in [3.05, 3.63) is 59.7 Å². The number of sulfonamides is 1. The van der Waals surface area contributed by atoms with E-state index in [9.17, 15) is 23.1 Å². The number of aromatic carboxylic acids is 1. The molecule has 0 fully saturated rings. The highest BCUT2D eigenvalue weighted by molar-refractivity contribution is 7.92. The number of carbonyl (C=O) groups is 2. The zero-order valence-corrected chi connectivity index (χ0v) is 14.2. The first-order valence-corrected chi connectivity index (χ1v) is 8.81. The minimum atomic E-state index is -4.12. The second kappa shape index (κ2) is 7.35. The molecule has 7 nitrogen and oxygen atoms in total. The van der Waals surface area contributed by atoms with Gasteiger partial charge in [0.25, 0.3) is 10.0 Å². The third kappa shape index (κ3) is 4.16. The van der Waals surface area contributed by atoms with E-state index in [1.165, 1.54) is 36.4 Å². The molecule has 0 amide bonds. The van der Waals surface area contributed by atoms with Gasteiger partial charge in [-0.1, -0.05) is 29.8 Å². The lowest BCUT2D eigenvalue weighted by atomic mass is 10.2. The standard InChI is InChI=1S/C17H17NO6S/c1-12-6-8-13(9-7-12)25(23,24)18(11-10-16(19)20)15-5-3-2-4-14(15)17(21)22/h2-9H,10-11H2,1H3,(H,19,20)(H,21,22). The molecule has 25 heavy (non-hydrogen) atoms. The first kappa shape index (κ1) is 18.5. The average molecular weight is 363 g/mol. The number of rotatable bonds is 7. The molecule has 0 radical (unpaired) electrons. The van der Waals surface area contributed by atoms with Crippen molar-refractivity contribution < 1.29 is 28.2 Å². The molecule has 8 heteroatoms. The minimum absolute atomic E-state index is 0.0383. The maximum atomic E-state index is 13.0. The lowest BCUT2D eigenvalue weighted by Gasteiger charge is -2.25. The smallest absolute Gasteiger partial charge is 0.337 e. The molecule has 2 rings (SSSR count). The van der Waals surface area contributed by atoms with Gasteiger partial charge in [-0.25, -0.2) is 13.2 Å². The monoisotopic (exact) mass is 363 g/mol. The van der Waals surface area contributed by atoms with Crippen LogP contribution in [0.25, 0.3) is 0 Å². The maximum Gasteiger partial charge on any atom is 0.337 e. The Balaban J connectivity index is 2.58. The average Bonchev–Trinajstić information content (AvgIpc) is 2.55. The fourth-order valence-electron chi connectivity index (χ4n) is 2.28. The summed E-state index contributed by atoms with van der Waals surface area (Å²) in [7, 11) is -4.12. The molecule has 132 valence electrons. The number of para-hydroxylation sites is 1. The molecule has 0 aromatic heterocycles. The second-order valence-electron chi connectivity index (χ2n) is 5.36. The number of aryl methyl sites for hydroxylation is 1. The van der Waals surface area contributed by atoms with E-state index in [0.717, 1.165) is 9.87 Å². The van der Waals surface area contributed by atoms with Crippen LogP contribution in [-0.2, 0) is 14.8 Å². The van der Waals surface area contributed by atoms with E-state index in [1.807, 2.05) is 0 Å². The van der Waals surface area contributed by atoms with Gasteiger partial charge in [0.1, 0.15) is 0 Å². The van der Waals surface area contributed by atoms with Crippen LogP contribution in [0.15, 0.2) is 53.4 Å². The summed E-state index contributed by atoms with van der Waals surface area (Å²) in [6.45, 7) is 1.42. The van der Waals surface area contributed by atoms with Crippen molar-refractivity contribution in [3.8, 4) is 0 Å². The number of carboxylic acids is 2. The molecule has 2 aromatic rings. The van der Waals surface area contributed by atoms with Gasteiger partial charge >= 0.3 is 11.9 Å². The van der Waals surface area contributed by atoms with E-state index in [1.54, 1.807) is 19.1 Å². The summed E-state index contributed by atoms with van der Waals surface area (Å²) in [5.41, 5.74) is 0.572. The second-order valence-corrected chi connectivity index (χ2v) is 7.22. The van der Waals surface area contributed by atoms with Crippen molar-refractivity contribution in [2.24, 2.45) is 0 Å². The predicted molar refractivity (Wildman–Crippen MR) is 91.4 cm³/mol. The van der Waals surface area contributed by atoms with Crippen LogP contribution < -0.4 is 4.31 Å². The van der Waals surface area contributed by atoms with Crippen LogP contribution in [0.5, 0.6) is 0 Å². The number of aliphatic carboxylic acids is 1. The number of hydrogen-bond donors (Lipinski definition) is 2. The molecule has 0 bridgehead atoms. The maximum absolute atomic E-state index is 13.0. The Hall–Kier alpha value is -2.87. The fourth-order valence-corrected chi connectivity index (χ4v) is 3.76. The first-order chi connectivity index (χ1) is 11.7. The minimum Gasteiger partial charge on any atom is -0.481 e. The van der Waals surface area contributed by atoms with Gasteiger partial charge in [-0.2, -0.15) is 0 Å². The summed E-state index contributed by atoms with van der Waals surface area (Å²) in [5, 5.41) is 18.2. The van der Waals surface area contributed by atoms with E-state index in [0.29, 0.717) is 0 Å². The van der Waals surface area contributed by atoms with Gasteiger partial charge in [0, 0.05) is 6.54 Å². The largest absolute Gasteiger partial charge is 0.481 e. The molecule has 0 unspecified atom stereocenters. The lowest BCUT2D eigenvalue weighted by Crippen LogP contribution is -2.34. The highest BCUT2D eigenvalue weighted by Crippen LogP contribution is 2.27. The summed E-state index contributed by atoms with van der Waals surface area (Å²) in [4.78, 5) is 22.3. The van der Waals surface area contributed by atoms with Crippen molar-refractivity contribution in [3.63, 3.8) is 0 Å².